The summed E-state index contributed by atoms with van der Waals surface area (Å²) in [5, 5.41) is 0. The van der Waals surface area contributed by atoms with Crippen molar-refractivity contribution < 1.29 is 22.7 Å². The molecule has 212 valence electrons. The van der Waals surface area contributed by atoms with Crippen molar-refractivity contribution in [3.05, 3.63) is 83.7 Å². The van der Waals surface area contributed by atoms with Gasteiger partial charge in [-0.2, -0.15) is 0 Å². The second kappa shape index (κ2) is 11.4. The van der Waals surface area contributed by atoms with E-state index < -0.39 is 17.9 Å². The highest BCUT2D eigenvalue weighted by Crippen LogP contribution is 2.41. The number of amides is 1. The lowest BCUT2D eigenvalue weighted by atomic mass is 9.82. The number of aromatic nitrogens is 1. The number of piperidine rings is 1. The van der Waals surface area contributed by atoms with Gasteiger partial charge < -0.3 is 14.4 Å². The second-order valence-electron chi connectivity index (χ2n) is 12.3. The monoisotopic (exact) mass is 578 g/mol. The second-order valence-corrected chi connectivity index (χ2v) is 19.7. The maximum absolute atomic E-state index is 12.7. The van der Waals surface area contributed by atoms with Gasteiger partial charge in [0.1, 0.15) is 11.4 Å². The maximum atomic E-state index is 12.7. The number of rotatable bonds is 7. The first-order valence-electron chi connectivity index (χ1n) is 13.9. The Labute approximate surface area is 238 Å². The minimum atomic E-state index is -3.31. The van der Waals surface area contributed by atoms with E-state index in [2.05, 4.69) is 36.8 Å². The lowest BCUT2D eigenvalue weighted by Crippen LogP contribution is -2.51. The van der Waals surface area contributed by atoms with E-state index >= 15 is 0 Å². The minimum Gasteiger partial charge on any atom is -0.487 e. The molecule has 0 N–H and O–H groups in total. The van der Waals surface area contributed by atoms with Crippen molar-refractivity contribution >= 4 is 24.0 Å². The van der Waals surface area contributed by atoms with Crippen LogP contribution in [0.25, 0.3) is 11.1 Å². The number of carbonyl (C=O) groups is 1. The van der Waals surface area contributed by atoms with Crippen molar-refractivity contribution in [3.63, 3.8) is 0 Å². The van der Waals surface area contributed by atoms with Crippen molar-refractivity contribution in [1.29, 1.82) is 0 Å². The van der Waals surface area contributed by atoms with E-state index in [9.17, 15) is 13.2 Å². The van der Waals surface area contributed by atoms with Crippen LogP contribution < -0.4 is 4.74 Å². The normalized spacial score (nSPS) is 16.7. The van der Waals surface area contributed by atoms with Crippen LogP contribution in [0.2, 0.25) is 19.6 Å². The first kappa shape index (κ1) is 28.4. The van der Waals surface area contributed by atoms with Crippen LogP contribution in [0.4, 0.5) is 4.79 Å². The Hall–Kier alpha value is -3.17. The number of pyridine rings is 1. The van der Waals surface area contributed by atoms with E-state index in [0.717, 1.165) is 48.1 Å². The Morgan fingerprint density at radius 2 is 1.70 bits per heavy atom. The molecule has 1 spiro atoms. The van der Waals surface area contributed by atoms with Gasteiger partial charge in [0.2, 0.25) is 0 Å². The number of aryl methyl sites for hydroxylation is 1. The third-order valence-corrected chi connectivity index (χ3v) is 10.1. The first-order valence-corrected chi connectivity index (χ1v) is 19.5. The van der Waals surface area contributed by atoms with Crippen molar-refractivity contribution in [1.82, 2.24) is 9.88 Å². The predicted molar refractivity (Wildman–Crippen MR) is 160 cm³/mol. The molecule has 3 heterocycles. The molecule has 1 amide bonds. The molecule has 0 saturated carbocycles. The fourth-order valence-corrected chi connectivity index (χ4v) is 7.31. The molecule has 0 aliphatic carbocycles. The molecule has 7 nitrogen and oxygen atoms in total. The molecule has 0 bridgehead atoms. The lowest BCUT2D eigenvalue weighted by molar-refractivity contribution is -0.0130. The van der Waals surface area contributed by atoms with Gasteiger partial charge in [-0.05, 0) is 59.4 Å². The van der Waals surface area contributed by atoms with Crippen LogP contribution in [-0.2, 0) is 32.5 Å². The molecular weight excluding hydrogens is 541 g/mol. The number of likely N-dealkylation sites (tertiary alicyclic amines) is 1. The topological polar surface area (TPSA) is 85.8 Å². The van der Waals surface area contributed by atoms with Crippen LogP contribution in [0.15, 0.2) is 66.9 Å². The summed E-state index contributed by atoms with van der Waals surface area (Å²) in [5.41, 5.74) is 4.40. The standard InChI is InChI=1S/C31H38N2O5SSi/c1-40(2,3)23-37-30(34)33-18-15-31(16-19-33)14-13-27-20-26(11-12-29(27)38-31)25-9-7-24(8-10-25)21-39(35,36)22-28-6-4-5-17-32-28/h4-12,17,20H,13-16,18-19,21-23H2,1-3H3. The zero-order chi connectivity index (χ0) is 28.4. The summed E-state index contributed by atoms with van der Waals surface area (Å²) < 4.78 is 37.4. The van der Waals surface area contributed by atoms with E-state index in [1.807, 2.05) is 35.2 Å². The first-order chi connectivity index (χ1) is 19.0. The molecule has 0 atom stereocenters. The van der Waals surface area contributed by atoms with Gasteiger partial charge in [-0.3, -0.25) is 4.98 Å². The molecule has 2 aliphatic heterocycles. The van der Waals surface area contributed by atoms with Crippen molar-refractivity contribution in [2.24, 2.45) is 0 Å². The molecule has 9 heteroatoms. The van der Waals surface area contributed by atoms with E-state index in [-0.39, 0.29) is 23.2 Å². The van der Waals surface area contributed by atoms with Crippen LogP contribution in [-0.4, -0.2) is 57.4 Å². The number of hydrogen-bond donors (Lipinski definition) is 0. The predicted octanol–water partition coefficient (Wildman–Crippen LogP) is 6.04. The summed E-state index contributed by atoms with van der Waals surface area (Å²) in [7, 11) is -4.75. The van der Waals surface area contributed by atoms with Crippen LogP contribution >= 0.6 is 0 Å². The van der Waals surface area contributed by atoms with Gasteiger partial charge in [0.25, 0.3) is 0 Å². The number of nitrogens with zero attached hydrogens (tertiary/aromatic N) is 2. The summed E-state index contributed by atoms with van der Waals surface area (Å²) in [6.07, 6.45) is 5.42. The summed E-state index contributed by atoms with van der Waals surface area (Å²) >= 11 is 0. The molecule has 2 aromatic carbocycles. The molecule has 1 saturated heterocycles. The molecule has 0 unspecified atom stereocenters. The highest BCUT2D eigenvalue weighted by Gasteiger charge is 2.41. The van der Waals surface area contributed by atoms with Gasteiger partial charge in [-0.25, -0.2) is 13.2 Å². The van der Waals surface area contributed by atoms with E-state index in [4.69, 9.17) is 9.47 Å². The van der Waals surface area contributed by atoms with Gasteiger partial charge in [0.15, 0.2) is 9.84 Å². The Kier molecular flexibility index (Phi) is 8.06. The van der Waals surface area contributed by atoms with Gasteiger partial charge in [0.05, 0.1) is 31.5 Å². The average Bonchev–Trinajstić information content (AvgIpc) is 2.92. The summed E-state index contributed by atoms with van der Waals surface area (Å²) in [6, 6.07) is 19.3. The average molecular weight is 579 g/mol. The number of fused-ring (bicyclic) bond motifs is 1. The number of benzene rings is 2. The zero-order valence-electron chi connectivity index (χ0n) is 23.6. The van der Waals surface area contributed by atoms with Crippen molar-refractivity contribution in [2.75, 3.05) is 19.3 Å². The number of sulfone groups is 1. The maximum Gasteiger partial charge on any atom is 0.409 e. The van der Waals surface area contributed by atoms with Crippen LogP contribution in [0.5, 0.6) is 5.75 Å². The highest BCUT2D eigenvalue weighted by atomic mass is 32.2. The zero-order valence-corrected chi connectivity index (χ0v) is 25.4. The van der Waals surface area contributed by atoms with E-state index in [1.54, 1.807) is 24.4 Å². The Morgan fingerprint density at radius 1 is 0.975 bits per heavy atom. The van der Waals surface area contributed by atoms with Gasteiger partial charge in [-0.15, -0.1) is 0 Å². The number of hydrogen-bond acceptors (Lipinski definition) is 6. The largest absolute Gasteiger partial charge is 0.487 e. The third kappa shape index (κ3) is 7.12. The molecule has 5 rings (SSSR count). The number of ether oxygens (including phenoxy) is 2. The molecule has 0 radical (unpaired) electrons. The van der Waals surface area contributed by atoms with Gasteiger partial charge >= 0.3 is 6.09 Å². The Balaban J connectivity index is 1.18. The molecule has 2 aliphatic rings. The summed E-state index contributed by atoms with van der Waals surface area (Å²) in [5.74, 6) is 0.835. The third-order valence-electron chi connectivity index (χ3n) is 7.57. The molecule has 1 aromatic heterocycles. The quantitative estimate of drug-likeness (QED) is 0.318. The van der Waals surface area contributed by atoms with Crippen molar-refractivity contribution in [3.8, 4) is 16.9 Å². The molecule has 40 heavy (non-hydrogen) atoms. The Morgan fingerprint density at radius 3 is 2.38 bits per heavy atom. The Bertz CT molecular complexity index is 1450. The lowest BCUT2D eigenvalue weighted by Gasteiger charge is -2.44. The summed E-state index contributed by atoms with van der Waals surface area (Å²) in [4.78, 5) is 18.5. The van der Waals surface area contributed by atoms with E-state index in [1.165, 1.54) is 5.56 Å². The molecule has 1 fully saturated rings. The fraction of sp³-hybridized carbons (Fsp3) is 0.419. The van der Waals surface area contributed by atoms with Gasteiger partial charge in [0, 0.05) is 32.1 Å². The van der Waals surface area contributed by atoms with E-state index in [0.29, 0.717) is 25.0 Å². The number of carbonyl (C=O) groups excluding carboxylic acids is 1. The van der Waals surface area contributed by atoms with Crippen molar-refractivity contribution in [2.45, 2.75) is 62.4 Å². The molecule has 3 aromatic rings. The highest BCUT2D eigenvalue weighted by molar-refractivity contribution is 7.89. The molecular formula is C31H38N2O5SSi. The minimum absolute atomic E-state index is 0.0164. The smallest absolute Gasteiger partial charge is 0.409 e. The summed E-state index contributed by atoms with van der Waals surface area (Å²) in [6.45, 7) is 7.89. The fourth-order valence-electron chi connectivity index (χ4n) is 5.33. The SMILES string of the molecule is C[Si](C)(C)COC(=O)N1CCC2(CCc3cc(-c4ccc(CS(=O)(=O)Cc5ccccn5)cc4)ccc3O2)CC1. The van der Waals surface area contributed by atoms with Crippen LogP contribution in [0, 0.1) is 0 Å². The van der Waals surface area contributed by atoms with Crippen LogP contribution in [0.3, 0.4) is 0 Å². The van der Waals surface area contributed by atoms with Gasteiger partial charge in [-0.1, -0.05) is 56.0 Å². The van der Waals surface area contributed by atoms with Crippen LogP contribution in [0.1, 0.15) is 36.1 Å².